The topological polar surface area (TPSA) is 44.8 Å². The van der Waals surface area contributed by atoms with Gasteiger partial charge in [0.05, 0.1) is 6.61 Å². The lowest BCUT2D eigenvalue weighted by atomic mass is 10.0. The maximum absolute atomic E-state index is 14.5. The highest BCUT2D eigenvalue weighted by molar-refractivity contribution is 5.69. The van der Waals surface area contributed by atoms with Crippen LogP contribution < -0.4 is 9.47 Å². The van der Waals surface area contributed by atoms with Gasteiger partial charge in [0.15, 0.2) is 11.6 Å². The van der Waals surface area contributed by atoms with E-state index in [2.05, 4.69) is 26.0 Å². The van der Waals surface area contributed by atoms with Gasteiger partial charge in [-0.2, -0.15) is 0 Å². The summed E-state index contributed by atoms with van der Waals surface area (Å²) in [7, 11) is 0. The third-order valence-corrected chi connectivity index (χ3v) is 5.05. The normalized spacial score (nSPS) is 10.8. The van der Waals surface area contributed by atoms with E-state index in [1.807, 2.05) is 36.4 Å². The van der Waals surface area contributed by atoms with Gasteiger partial charge in [0, 0.05) is 12.0 Å². The molecule has 0 unspecified atom stereocenters. The molecule has 4 nitrogen and oxygen atoms in total. The fourth-order valence-electron chi connectivity index (χ4n) is 3.22. The lowest BCUT2D eigenvalue weighted by molar-refractivity contribution is -0.143. The number of para-hydroxylation sites is 1. The zero-order chi connectivity index (χ0) is 22.9. The van der Waals surface area contributed by atoms with E-state index in [0.717, 1.165) is 16.9 Å². The molecule has 0 saturated heterocycles. The summed E-state index contributed by atoms with van der Waals surface area (Å²) in [5.74, 6) is 1.25. The van der Waals surface area contributed by atoms with Crippen molar-refractivity contribution in [2.45, 2.75) is 46.1 Å². The van der Waals surface area contributed by atoms with Crippen molar-refractivity contribution in [3.05, 3.63) is 89.2 Å². The third-order valence-electron chi connectivity index (χ3n) is 5.05. The van der Waals surface area contributed by atoms with Gasteiger partial charge in [-0.25, -0.2) is 4.39 Å². The molecule has 0 spiro atoms. The van der Waals surface area contributed by atoms with Crippen LogP contribution in [0.3, 0.4) is 0 Å². The second-order valence-electron chi connectivity index (χ2n) is 7.79. The highest BCUT2D eigenvalue weighted by Crippen LogP contribution is 2.28. The molecule has 0 amide bonds. The minimum absolute atomic E-state index is 0.154. The van der Waals surface area contributed by atoms with E-state index in [-0.39, 0.29) is 24.7 Å². The van der Waals surface area contributed by atoms with Crippen LogP contribution in [0.25, 0.3) is 0 Å². The van der Waals surface area contributed by atoms with Crippen LogP contribution in [0.1, 0.15) is 49.8 Å². The smallest absolute Gasteiger partial charge is 0.306 e. The van der Waals surface area contributed by atoms with E-state index in [1.165, 1.54) is 11.6 Å². The number of rotatable bonds is 10. The summed E-state index contributed by atoms with van der Waals surface area (Å²) in [4.78, 5) is 11.5. The van der Waals surface area contributed by atoms with Gasteiger partial charge in [0.25, 0.3) is 0 Å². The Balaban J connectivity index is 1.63. The first-order valence-corrected chi connectivity index (χ1v) is 10.9. The van der Waals surface area contributed by atoms with Crippen LogP contribution in [0.2, 0.25) is 0 Å². The Hall–Kier alpha value is -3.34. The van der Waals surface area contributed by atoms with E-state index < -0.39 is 5.82 Å². The molecule has 5 heteroatoms. The number of aryl methyl sites for hydroxylation is 1. The van der Waals surface area contributed by atoms with Gasteiger partial charge < -0.3 is 14.2 Å². The maximum Gasteiger partial charge on any atom is 0.306 e. The van der Waals surface area contributed by atoms with Crippen molar-refractivity contribution in [2.24, 2.45) is 0 Å². The fourth-order valence-corrected chi connectivity index (χ4v) is 3.22. The number of carbonyl (C=O) groups excluding carboxylic acids is 1. The summed E-state index contributed by atoms with van der Waals surface area (Å²) in [6.07, 6.45) is 0.638. The van der Waals surface area contributed by atoms with Gasteiger partial charge in [-0.3, -0.25) is 4.79 Å². The summed E-state index contributed by atoms with van der Waals surface area (Å²) < 4.78 is 31.2. The van der Waals surface area contributed by atoms with E-state index in [9.17, 15) is 9.18 Å². The van der Waals surface area contributed by atoms with Crippen LogP contribution >= 0.6 is 0 Å². The van der Waals surface area contributed by atoms with E-state index in [4.69, 9.17) is 14.2 Å². The Morgan fingerprint density at radius 2 is 1.72 bits per heavy atom. The third kappa shape index (κ3) is 6.58. The minimum Gasteiger partial charge on any atom is -0.486 e. The molecule has 0 radical (unpaired) electrons. The molecule has 0 aliphatic rings. The molecule has 3 aromatic carbocycles. The van der Waals surface area contributed by atoms with Crippen molar-refractivity contribution < 1.29 is 23.4 Å². The molecule has 0 fully saturated rings. The summed E-state index contributed by atoms with van der Waals surface area (Å²) in [5.41, 5.74) is 2.78. The Kier molecular flexibility index (Phi) is 8.26. The largest absolute Gasteiger partial charge is 0.486 e. The van der Waals surface area contributed by atoms with Crippen molar-refractivity contribution in [1.29, 1.82) is 0 Å². The van der Waals surface area contributed by atoms with Gasteiger partial charge in [0.1, 0.15) is 18.1 Å². The van der Waals surface area contributed by atoms with Crippen LogP contribution in [0, 0.1) is 5.82 Å². The lowest BCUT2D eigenvalue weighted by Gasteiger charge is -2.14. The van der Waals surface area contributed by atoms with Gasteiger partial charge in [0.2, 0.25) is 0 Å². The molecule has 0 heterocycles. The van der Waals surface area contributed by atoms with E-state index in [1.54, 1.807) is 19.1 Å². The predicted molar refractivity (Wildman–Crippen MR) is 123 cm³/mol. The number of hydrogen-bond donors (Lipinski definition) is 0. The van der Waals surface area contributed by atoms with E-state index in [0.29, 0.717) is 24.7 Å². The van der Waals surface area contributed by atoms with Crippen molar-refractivity contribution in [3.8, 4) is 17.2 Å². The lowest BCUT2D eigenvalue weighted by Crippen LogP contribution is -2.05. The molecule has 0 N–H and O–H groups in total. The number of ether oxygens (including phenoxy) is 3. The first kappa shape index (κ1) is 23.3. The number of benzene rings is 3. The summed E-state index contributed by atoms with van der Waals surface area (Å²) in [5, 5.41) is 0. The van der Waals surface area contributed by atoms with Crippen LogP contribution in [0.5, 0.6) is 17.2 Å². The van der Waals surface area contributed by atoms with Crippen LogP contribution in [-0.2, 0) is 22.6 Å². The molecule has 0 aliphatic carbocycles. The molecule has 0 aromatic heterocycles. The average Bonchev–Trinajstić information content (AvgIpc) is 2.78. The summed E-state index contributed by atoms with van der Waals surface area (Å²) >= 11 is 0. The molecule has 32 heavy (non-hydrogen) atoms. The van der Waals surface area contributed by atoms with Gasteiger partial charge in [-0.15, -0.1) is 0 Å². The van der Waals surface area contributed by atoms with Crippen molar-refractivity contribution in [1.82, 2.24) is 0 Å². The predicted octanol–water partition coefficient (Wildman–Crippen LogP) is 6.82. The summed E-state index contributed by atoms with van der Waals surface area (Å²) in [6, 6.07) is 20.3. The highest BCUT2D eigenvalue weighted by Gasteiger charge is 2.10. The van der Waals surface area contributed by atoms with Crippen LogP contribution in [0.15, 0.2) is 66.7 Å². The SMILES string of the molecule is CCOC(=O)CCc1ccc(OCc2ccccc2Oc2ccc(C(C)C)cc2)c(F)c1. The monoisotopic (exact) mass is 436 g/mol. The van der Waals surface area contributed by atoms with E-state index >= 15 is 0 Å². The highest BCUT2D eigenvalue weighted by atomic mass is 19.1. The fraction of sp³-hybridized carbons (Fsp3) is 0.296. The average molecular weight is 437 g/mol. The Bertz CT molecular complexity index is 1030. The van der Waals surface area contributed by atoms with Crippen molar-refractivity contribution in [2.75, 3.05) is 6.61 Å². The van der Waals surface area contributed by atoms with Gasteiger partial charge in [-0.1, -0.05) is 50.2 Å². The maximum atomic E-state index is 14.5. The second kappa shape index (κ2) is 11.3. The van der Waals surface area contributed by atoms with Crippen LogP contribution in [-0.4, -0.2) is 12.6 Å². The first-order valence-electron chi connectivity index (χ1n) is 10.9. The van der Waals surface area contributed by atoms with Gasteiger partial charge in [-0.05, 0) is 60.7 Å². The minimum atomic E-state index is -0.464. The van der Waals surface area contributed by atoms with Crippen molar-refractivity contribution >= 4 is 5.97 Å². The Morgan fingerprint density at radius 3 is 2.41 bits per heavy atom. The molecule has 0 aliphatic heterocycles. The molecular weight excluding hydrogens is 407 g/mol. The van der Waals surface area contributed by atoms with Crippen LogP contribution in [0.4, 0.5) is 4.39 Å². The number of hydrogen-bond acceptors (Lipinski definition) is 4. The molecule has 3 aromatic rings. The Morgan fingerprint density at radius 1 is 0.969 bits per heavy atom. The molecule has 168 valence electrons. The molecular formula is C27H29FO4. The second-order valence-corrected chi connectivity index (χ2v) is 7.79. The van der Waals surface area contributed by atoms with Gasteiger partial charge >= 0.3 is 5.97 Å². The molecule has 0 atom stereocenters. The Labute approximate surface area is 188 Å². The number of esters is 1. The molecule has 0 saturated carbocycles. The standard InChI is InChI=1S/C27H29FO4/c1-4-30-27(29)16-10-20-9-15-26(24(28)17-20)31-18-22-7-5-6-8-25(22)32-23-13-11-21(12-14-23)19(2)3/h5-9,11-15,17,19H,4,10,16,18H2,1-3H3. The quantitative estimate of drug-likeness (QED) is 0.327. The number of halogens is 1. The molecule has 3 rings (SSSR count). The zero-order valence-electron chi connectivity index (χ0n) is 18.8. The first-order chi connectivity index (χ1) is 15.5. The number of carbonyl (C=O) groups is 1. The molecule has 0 bridgehead atoms. The van der Waals surface area contributed by atoms with Crippen molar-refractivity contribution in [3.63, 3.8) is 0 Å². The zero-order valence-corrected chi connectivity index (χ0v) is 18.8. The summed E-state index contributed by atoms with van der Waals surface area (Å²) in [6.45, 7) is 6.56.